The van der Waals surface area contributed by atoms with Crippen LogP contribution in [0.5, 0.6) is 0 Å². The van der Waals surface area contributed by atoms with Gasteiger partial charge in [0.1, 0.15) is 6.10 Å². The zero-order valence-electron chi connectivity index (χ0n) is 15.3. The Morgan fingerprint density at radius 1 is 1.52 bits per heavy atom. The largest absolute Gasteiger partial charge is 0.453 e. The number of nitrogens with one attached hydrogen (secondary N) is 1. The van der Waals surface area contributed by atoms with Gasteiger partial charge >= 0.3 is 11.7 Å². The quantitative estimate of drug-likeness (QED) is 0.434. The molecule has 3 heterocycles. The van der Waals surface area contributed by atoms with Crippen molar-refractivity contribution >= 4 is 34.6 Å². The number of carbonyl (C=O) groups is 1. The molecule has 2 N–H and O–H groups in total. The first-order valence-corrected chi connectivity index (χ1v) is 9.93. The molecule has 0 amide bonds. The predicted octanol–water partition coefficient (Wildman–Crippen LogP) is 0.815. The van der Waals surface area contributed by atoms with Crippen LogP contribution in [0.3, 0.4) is 0 Å². The van der Waals surface area contributed by atoms with Crippen LogP contribution in [0, 0.1) is 0 Å². The lowest BCUT2D eigenvalue weighted by molar-refractivity contribution is -0.150. The third-order valence-electron chi connectivity index (χ3n) is 4.50. The van der Waals surface area contributed by atoms with Crippen molar-refractivity contribution in [2.45, 2.75) is 31.0 Å². The average Bonchev–Trinajstić information content (AvgIpc) is 2.99. The van der Waals surface area contributed by atoms with Gasteiger partial charge in [0.2, 0.25) is 0 Å². The van der Waals surface area contributed by atoms with Gasteiger partial charge in [-0.1, -0.05) is 28.7 Å². The number of H-pyrrole nitrogens is 1. The number of aromatic amines is 1. The Labute approximate surface area is 178 Å². The minimum absolute atomic E-state index is 0.123. The van der Waals surface area contributed by atoms with E-state index in [2.05, 4.69) is 4.98 Å². The van der Waals surface area contributed by atoms with Gasteiger partial charge in [-0.05, 0) is 16.4 Å². The molecule has 4 atom stereocenters. The zero-order chi connectivity index (χ0) is 21.1. The average molecular weight is 523 g/mol. The molecule has 1 aromatic rings. The van der Waals surface area contributed by atoms with E-state index >= 15 is 4.39 Å². The second kappa shape index (κ2) is 9.05. The van der Waals surface area contributed by atoms with Crippen molar-refractivity contribution in [2.75, 3.05) is 13.7 Å². The fourth-order valence-electron chi connectivity index (χ4n) is 3.11. The number of aliphatic hydroxyl groups excluding tert-OH is 1. The topological polar surface area (TPSA) is 114 Å². The van der Waals surface area contributed by atoms with Gasteiger partial charge < -0.3 is 19.5 Å². The molecule has 0 saturated carbocycles. The Morgan fingerprint density at radius 2 is 2.28 bits per heavy atom. The molecule has 1 aromatic heterocycles. The van der Waals surface area contributed by atoms with Crippen molar-refractivity contribution in [1.29, 1.82) is 0 Å². The zero-order valence-corrected chi connectivity index (χ0v) is 17.5. The van der Waals surface area contributed by atoms with Gasteiger partial charge in [-0.15, -0.1) is 0 Å². The van der Waals surface area contributed by atoms with Crippen molar-refractivity contribution in [1.82, 2.24) is 14.5 Å². The van der Waals surface area contributed by atoms with Gasteiger partial charge in [-0.2, -0.15) is 0 Å². The normalized spacial score (nSPS) is 26.8. The highest BCUT2D eigenvalue weighted by atomic mass is 131. The summed E-state index contributed by atoms with van der Waals surface area (Å²) in [4.78, 5) is 40.2. The monoisotopic (exact) mass is 523 g/mol. The Morgan fingerprint density at radius 3 is 2.93 bits per heavy atom. The first kappa shape index (κ1) is 21.5. The van der Waals surface area contributed by atoms with Crippen molar-refractivity contribution in [2.24, 2.45) is 0 Å². The van der Waals surface area contributed by atoms with Crippen LogP contribution in [0.25, 0.3) is 6.08 Å². The SMILES string of the molecule is CN1C=CCC(C(=O)OC2C(CO)OC(n3cc(C=C[131I])c(=O)[nH]c3=O)C2F)=C1. The number of ether oxygens (including phenoxy) is 2. The summed E-state index contributed by atoms with van der Waals surface area (Å²) in [7, 11) is 1.73. The van der Waals surface area contributed by atoms with Crippen molar-refractivity contribution in [3.8, 4) is 0 Å². The maximum atomic E-state index is 15.1. The van der Waals surface area contributed by atoms with Gasteiger partial charge in [0.15, 0.2) is 18.5 Å². The Hall–Kier alpha value is -2.25. The summed E-state index contributed by atoms with van der Waals surface area (Å²) in [6, 6.07) is 0. The van der Waals surface area contributed by atoms with Crippen LogP contribution in [0.15, 0.2) is 43.9 Å². The number of esters is 1. The summed E-state index contributed by atoms with van der Waals surface area (Å²) >= 11 is 1.90. The number of allylic oxidation sites excluding steroid dienone is 1. The highest BCUT2D eigenvalue weighted by molar-refractivity contribution is 14.1. The molecule has 11 heteroatoms. The third kappa shape index (κ3) is 4.51. The van der Waals surface area contributed by atoms with Crippen LogP contribution < -0.4 is 11.2 Å². The number of hydrogen-bond donors (Lipinski definition) is 2. The lowest BCUT2D eigenvalue weighted by Crippen LogP contribution is -2.38. The molecule has 0 aromatic carbocycles. The maximum Gasteiger partial charge on any atom is 0.336 e. The number of aliphatic hydroxyl groups is 1. The van der Waals surface area contributed by atoms with E-state index in [-0.39, 0.29) is 5.56 Å². The van der Waals surface area contributed by atoms with Gasteiger partial charge in [-0.3, -0.25) is 14.3 Å². The number of nitrogens with zero attached hydrogens (tertiary/aromatic N) is 2. The summed E-state index contributed by atoms with van der Waals surface area (Å²) in [5.74, 6) is -0.737. The number of aromatic nitrogens is 2. The van der Waals surface area contributed by atoms with E-state index in [0.717, 1.165) is 10.8 Å². The molecule has 29 heavy (non-hydrogen) atoms. The van der Waals surface area contributed by atoms with Gasteiger partial charge in [0.05, 0.1) is 17.7 Å². The summed E-state index contributed by atoms with van der Waals surface area (Å²) in [5.41, 5.74) is -1.06. The second-order valence-electron chi connectivity index (χ2n) is 6.51. The van der Waals surface area contributed by atoms with E-state index in [1.165, 1.54) is 6.08 Å². The Kier molecular flexibility index (Phi) is 6.70. The molecule has 0 radical (unpaired) electrons. The smallest absolute Gasteiger partial charge is 0.336 e. The molecular weight excluding hydrogens is 504 g/mol. The third-order valence-corrected chi connectivity index (χ3v) is 4.86. The van der Waals surface area contributed by atoms with E-state index in [4.69, 9.17) is 9.47 Å². The van der Waals surface area contributed by atoms with Gasteiger partial charge in [-0.25, -0.2) is 14.0 Å². The number of hydrogen-bond acceptors (Lipinski definition) is 7. The standard InChI is InChI=1S/C18H19FIN3O6/c1-22-6-2-3-11(7-22)17(26)29-14-12(9-24)28-16(13(14)19)23-8-10(4-5-20)15(25)21-18(23)27/h2,4-8,12-14,16,24H,3,9H2,1H3,(H,21,25,27)/i20+4. The Bertz CT molecular complexity index is 985. The van der Waals surface area contributed by atoms with Crippen molar-refractivity contribution in [3.05, 3.63) is 60.7 Å². The molecule has 0 spiro atoms. The first-order chi connectivity index (χ1) is 13.8. The molecule has 4 unspecified atom stereocenters. The van der Waals surface area contributed by atoms with Gasteiger partial charge in [0.25, 0.3) is 5.56 Å². The lowest BCUT2D eigenvalue weighted by atomic mass is 10.1. The van der Waals surface area contributed by atoms with Gasteiger partial charge in [0, 0.05) is 25.9 Å². The molecule has 1 saturated heterocycles. The molecule has 9 nitrogen and oxygen atoms in total. The van der Waals surface area contributed by atoms with Crippen LogP contribution in [-0.2, 0) is 14.3 Å². The summed E-state index contributed by atoms with van der Waals surface area (Å²) in [5, 5.41) is 9.56. The lowest BCUT2D eigenvalue weighted by Gasteiger charge is -2.21. The number of halogens is 2. The van der Waals surface area contributed by atoms with E-state index in [1.807, 2.05) is 22.6 Å². The molecular formula is C18H19FIN3O6. The number of rotatable bonds is 5. The van der Waals surface area contributed by atoms with Crippen molar-refractivity contribution < 1.29 is 23.8 Å². The summed E-state index contributed by atoms with van der Waals surface area (Å²) in [6.07, 6.45) is 2.02. The Balaban J connectivity index is 1.86. The molecule has 156 valence electrons. The number of carbonyl (C=O) groups excluding carboxylic acids is 1. The molecule has 2 aliphatic rings. The van der Waals surface area contributed by atoms with Crippen LogP contribution in [0.1, 0.15) is 18.2 Å². The molecule has 0 bridgehead atoms. The molecule has 0 aliphatic carbocycles. The highest BCUT2D eigenvalue weighted by Gasteiger charge is 2.49. The first-order valence-electron chi connectivity index (χ1n) is 8.68. The molecule has 1 fully saturated rings. The molecule has 2 aliphatic heterocycles. The fourth-order valence-corrected chi connectivity index (χ4v) is 3.49. The van der Waals surface area contributed by atoms with E-state index in [0.29, 0.717) is 12.0 Å². The van der Waals surface area contributed by atoms with Crippen LogP contribution >= 0.6 is 22.6 Å². The predicted molar refractivity (Wildman–Crippen MR) is 110 cm³/mol. The van der Waals surface area contributed by atoms with Crippen LogP contribution in [0.4, 0.5) is 4.39 Å². The fraction of sp³-hybridized carbons (Fsp3) is 0.389. The van der Waals surface area contributed by atoms with E-state index in [9.17, 15) is 19.5 Å². The molecule has 3 rings (SSSR count). The summed E-state index contributed by atoms with van der Waals surface area (Å²) in [6.45, 7) is -0.619. The van der Waals surface area contributed by atoms with E-state index < -0.39 is 48.4 Å². The van der Waals surface area contributed by atoms with E-state index in [1.54, 1.807) is 34.5 Å². The highest BCUT2D eigenvalue weighted by Crippen LogP contribution is 2.33. The maximum absolute atomic E-state index is 15.1. The van der Waals surface area contributed by atoms with Crippen molar-refractivity contribution in [3.63, 3.8) is 0 Å². The minimum Gasteiger partial charge on any atom is -0.453 e. The second-order valence-corrected chi connectivity index (χ2v) is 7.23. The number of alkyl halides is 1. The van der Waals surface area contributed by atoms with Crippen LogP contribution in [-0.4, -0.2) is 57.6 Å². The van der Waals surface area contributed by atoms with Crippen LogP contribution in [0.2, 0.25) is 0 Å². The minimum atomic E-state index is -1.94. The summed E-state index contributed by atoms with van der Waals surface area (Å²) < 4.78 is 28.3.